The summed E-state index contributed by atoms with van der Waals surface area (Å²) >= 11 is 1.68. The molecule has 1 amide bonds. The Morgan fingerprint density at radius 3 is 2.80 bits per heavy atom. The molecular weight excluding hydrogens is 268 g/mol. The molecule has 0 N–H and O–H groups in total. The summed E-state index contributed by atoms with van der Waals surface area (Å²) in [6.45, 7) is 3.74. The molecule has 0 aromatic heterocycles. The molecular formula is C16H24N2OS. The molecule has 1 heterocycles. The first-order valence-corrected chi connectivity index (χ1v) is 8.35. The normalized spacial score (nSPS) is 19.4. The predicted molar refractivity (Wildman–Crippen MR) is 85.6 cm³/mol. The van der Waals surface area contributed by atoms with Crippen molar-refractivity contribution in [1.82, 2.24) is 9.80 Å². The van der Waals surface area contributed by atoms with E-state index in [1.54, 1.807) is 11.8 Å². The molecule has 2 rings (SSSR count). The number of carbonyl (C=O) groups excluding carboxylic acids is 1. The lowest BCUT2D eigenvalue weighted by Crippen LogP contribution is -2.47. The zero-order valence-electron chi connectivity index (χ0n) is 12.8. The average molecular weight is 292 g/mol. The Morgan fingerprint density at radius 1 is 1.40 bits per heavy atom. The number of piperidine rings is 1. The minimum absolute atomic E-state index is 0.185. The highest BCUT2D eigenvalue weighted by Gasteiger charge is 2.26. The molecule has 1 aliphatic rings. The predicted octanol–water partition coefficient (Wildman–Crippen LogP) is 2.88. The van der Waals surface area contributed by atoms with Crippen molar-refractivity contribution in [2.75, 3.05) is 33.4 Å². The number of benzene rings is 1. The highest BCUT2D eigenvalue weighted by atomic mass is 32.2. The number of rotatable bonds is 3. The molecule has 1 aromatic carbocycles. The molecule has 1 fully saturated rings. The minimum atomic E-state index is 0.185. The van der Waals surface area contributed by atoms with Crippen LogP contribution in [0.15, 0.2) is 23.1 Å². The van der Waals surface area contributed by atoms with Gasteiger partial charge >= 0.3 is 0 Å². The first-order chi connectivity index (χ1) is 9.52. The fourth-order valence-corrected chi connectivity index (χ4v) is 3.13. The highest BCUT2D eigenvalue weighted by Crippen LogP contribution is 2.22. The molecule has 0 saturated carbocycles. The van der Waals surface area contributed by atoms with E-state index in [0.717, 1.165) is 35.5 Å². The molecule has 1 aliphatic heterocycles. The quantitative estimate of drug-likeness (QED) is 0.800. The summed E-state index contributed by atoms with van der Waals surface area (Å²) in [4.78, 5) is 18.1. The summed E-state index contributed by atoms with van der Waals surface area (Å²) in [5.74, 6) is 0.185. The molecule has 0 aliphatic carbocycles. The van der Waals surface area contributed by atoms with Gasteiger partial charge in [-0.1, -0.05) is 6.07 Å². The topological polar surface area (TPSA) is 23.6 Å². The number of amides is 1. The Bertz CT molecular complexity index is 487. The molecule has 0 bridgehead atoms. The van der Waals surface area contributed by atoms with Gasteiger partial charge in [0, 0.05) is 29.6 Å². The van der Waals surface area contributed by atoms with Crippen molar-refractivity contribution in [3.05, 3.63) is 29.3 Å². The van der Waals surface area contributed by atoms with Gasteiger partial charge in [-0.3, -0.25) is 4.79 Å². The van der Waals surface area contributed by atoms with E-state index in [0.29, 0.717) is 6.04 Å². The maximum Gasteiger partial charge on any atom is 0.254 e. The minimum Gasteiger partial charge on any atom is -0.337 e. The van der Waals surface area contributed by atoms with E-state index >= 15 is 0 Å². The van der Waals surface area contributed by atoms with Gasteiger partial charge in [-0.05, 0) is 57.8 Å². The van der Waals surface area contributed by atoms with E-state index in [1.165, 1.54) is 6.42 Å². The van der Waals surface area contributed by atoms with E-state index in [4.69, 9.17) is 0 Å². The molecule has 0 unspecified atom stereocenters. The van der Waals surface area contributed by atoms with Crippen LogP contribution in [0.2, 0.25) is 0 Å². The second-order valence-corrected chi connectivity index (χ2v) is 6.57. The first kappa shape index (κ1) is 15.4. The van der Waals surface area contributed by atoms with E-state index in [-0.39, 0.29) is 5.91 Å². The largest absolute Gasteiger partial charge is 0.337 e. The molecule has 3 nitrogen and oxygen atoms in total. The number of likely N-dealkylation sites (N-methyl/N-ethyl adjacent to an activating group) is 1. The maximum absolute atomic E-state index is 12.8. The van der Waals surface area contributed by atoms with E-state index in [2.05, 4.69) is 25.1 Å². The van der Waals surface area contributed by atoms with Crippen LogP contribution in [-0.4, -0.2) is 55.2 Å². The summed E-state index contributed by atoms with van der Waals surface area (Å²) in [5.41, 5.74) is 1.93. The van der Waals surface area contributed by atoms with Gasteiger partial charge in [0.25, 0.3) is 5.91 Å². The van der Waals surface area contributed by atoms with E-state index < -0.39 is 0 Å². The van der Waals surface area contributed by atoms with E-state index in [1.807, 2.05) is 30.2 Å². The van der Waals surface area contributed by atoms with Crippen LogP contribution in [0.3, 0.4) is 0 Å². The van der Waals surface area contributed by atoms with Gasteiger partial charge in [-0.2, -0.15) is 0 Å². The van der Waals surface area contributed by atoms with Crippen LogP contribution in [0.1, 0.15) is 28.8 Å². The van der Waals surface area contributed by atoms with Gasteiger partial charge < -0.3 is 9.80 Å². The number of likely N-dealkylation sites (tertiary alicyclic amines) is 1. The molecule has 110 valence electrons. The van der Waals surface area contributed by atoms with Gasteiger partial charge in [0.15, 0.2) is 0 Å². The fraction of sp³-hybridized carbons (Fsp3) is 0.562. The summed E-state index contributed by atoms with van der Waals surface area (Å²) in [6, 6.07) is 6.64. The second kappa shape index (κ2) is 6.64. The Kier molecular flexibility index (Phi) is 5.11. The number of nitrogens with zero attached hydrogens (tertiary/aromatic N) is 2. The van der Waals surface area contributed by atoms with Crippen molar-refractivity contribution >= 4 is 17.7 Å². The van der Waals surface area contributed by atoms with Crippen molar-refractivity contribution in [3.63, 3.8) is 0 Å². The number of hydrogen-bond acceptors (Lipinski definition) is 3. The first-order valence-electron chi connectivity index (χ1n) is 7.13. The van der Waals surface area contributed by atoms with Crippen molar-refractivity contribution in [2.24, 2.45) is 0 Å². The monoisotopic (exact) mass is 292 g/mol. The van der Waals surface area contributed by atoms with Crippen LogP contribution in [0.4, 0.5) is 0 Å². The van der Waals surface area contributed by atoms with Crippen LogP contribution in [0.5, 0.6) is 0 Å². The Morgan fingerprint density at radius 2 is 2.15 bits per heavy atom. The third-order valence-corrected chi connectivity index (χ3v) is 4.81. The Balaban J connectivity index is 2.18. The lowest BCUT2D eigenvalue weighted by molar-refractivity contribution is 0.0634. The molecule has 20 heavy (non-hydrogen) atoms. The molecule has 0 spiro atoms. The third kappa shape index (κ3) is 3.36. The lowest BCUT2D eigenvalue weighted by Gasteiger charge is -2.36. The van der Waals surface area contributed by atoms with E-state index in [9.17, 15) is 4.79 Å². The van der Waals surface area contributed by atoms with Gasteiger partial charge in [-0.15, -0.1) is 11.8 Å². The van der Waals surface area contributed by atoms with Gasteiger partial charge in [0.05, 0.1) is 0 Å². The van der Waals surface area contributed by atoms with Gasteiger partial charge in [-0.25, -0.2) is 0 Å². The third-order valence-electron chi connectivity index (χ3n) is 4.09. The highest BCUT2D eigenvalue weighted by molar-refractivity contribution is 7.98. The summed E-state index contributed by atoms with van der Waals surface area (Å²) in [7, 11) is 4.19. The number of aryl methyl sites for hydroxylation is 1. The summed E-state index contributed by atoms with van der Waals surface area (Å²) in [6.07, 6.45) is 4.32. The summed E-state index contributed by atoms with van der Waals surface area (Å²) < 4.78 is 0. The van der Waals surface area contributed by atoms with Crippen LogP contribution in [0, 0.1) is 6.92 Å². The van der Waals surface area contributed by atoms with Crippen LogP contribution >= 0.6 is 11.8 Å². The zero-order chi connectivity index (χ0) is 14.7. The number of carbonyl (C=O) groups is 1. The van der Waals surface area contributed by atoms with Crippen molar-refractivity contribution in [1.29, 1.82) is 0 Å². The van der Waals surface area contributed by atoms with Crippen molar-refractivity contribution in [2.45, 2.75) is 30.7 Å². The van der Waals surface area contributed by atoms with Crippen LogP contribution < -0.4 is 0 Å². The SMILES string of the molecule is CSc1ccc(C)c(C(=O)N2CCC[C@H](N(C)C)C2)c1. The Hall–Kier alpha value is -1.00. The van der Waals surface area contributed by atoms with Gasteiger partial charge in [0.2, 0.25) is 0 Å². The summed E-state index contributed by atoms with van der Waals surface area (Å²) in [5, 5.41) is 0. The van der Waals surface area contributed by atoms with Crippen LogP contribution in [0.25, 0.3) is 0 Å². The van der Waals surface area contributed by atoms with Crippen molar-refractivity contribution in [3.8, 4) is 0 Å². The van der Waals surface area contributed by atoms with Gasteiger partial charge in [0.1, 0.15) is 0 Å². The molecule has 0 radical (unpaired) electrons. The smallest absolute Gasteiger partial charge is 0.254 e. The molecule has 1 saturated heterocycles. The van der Waals surface area contributed by atoms with Crippen LogP contribution in [-0.2, 0) is 0 Å². The molecule has 1 atom stereocenters. The maximum atomic E-state index is 12.8. The second-order valence-electron chi connectivity index (χ2n) is 5.69. The number of hydrogen-bond donors (Lipinski definition) is 0. The molecule has 1 aromatic rings. The van der Waals surface area contributed by atoms with Crippen molar-refractivity contribution < 1.29 is 4.79 Å². The fourth-order valence-electron chi connectivity index (χ4n) is 2.69. The average Bonchev–Trinajstić information content (AvgIpc) is 2.47. The number of thioether (sulfide) groups is 1. The lowest BCUT2D eigenvalue weighted by atomic mass is 10.0. The Labute approximate surface area is 126 Å². The molecule has 4 heteroatoms. The standard InChI is InChI=1S/C16H24N2OS/c1-12-7-8-14(20-4)10-15(12)16(19)18-9-5-6-13(11-18)17(2)3/h7-8,10,13H,5-6,9,11H2,1-4H3/t13-/m0/s1. The zero-order valence-corrected chi connectivity index (χ0v) is 13.7.